The van der Waals surface area contributed by atoms with Crippen LogP contribution in [-0.4, -0.2) is 19.9 Å². The molecule has 0 aliphatic heterocycles. The summed E-state index contributed by atoms with van der Waals surface area (Å²) in [5, 5.41) is 16.4. The second-order valence-electron chi connectivity index (χ2n) is 4.04. The highest BCUT2D eigenvalue weighted by atomic mass is 32.1. The average Bonchev–Trinajstić information content (AvgIpc) is 3.02. The molecule has 2 heterocycles. The van der Waals surface area contributed by atoms with E-state index in [4.69, 9.17) is 0 Å². The number of nitrogens with zero attached hydrogens (tertiary/aromatic N) is 4. The Labute approximate surface area is 123 Å². The third kappa shape index (κ3) is 3.00. The number of nitro benzene ring substituents is 1. The lowest BCUT2D eigenvalue weighted by Gasteiger charge is -2.05. The van der Waals surface area contributed by atoms with Gasteiger partial charge >= 0.3 is 0 Å². The number of aromatic nitrogens is 3. The lowest BCUT2D eigenvalue weighted by molar-refractivity contribution is -0.384. The van der Waals surface area contributed by atoms with Crippen molar-refractivity contribution in [1.29, 1.82) is 0 Å². The number of non-ortho nitro benzene ring substituents is 1. The van der Waals surface area contributed by atoms with Crippen LogP contribution in [0.5, 0.6) is 0 Å². The fourth-order valence-electron chi connectivity index (χ4n) is 1.71. The van der Waals surface area contributed by atoms with Crippen LogP contribution in [0.15, 0.2) is 48.1 Å². The molecule has 0 aliphatic carbocycles. The molecule has 2 aromatic heterocycles. The first-order valence-corrected chi connectivity index (χ1v) is 6.85. The number of thiazole rings is 1. The Morgan fingerprint density at radius 2 is 2.10 bits per heavy atom. The van der Waals surface area contributed by atoms with E-state index < -0.39 is 4.92 Å². The maximum atomic E-state index is 10.8. The van der Waals surface area contributed by atoms with E-state index in [9.17, 15) is 10.1 Å². The van der Waals surface area contributed by atoms with Crippen LogP contribution in [0.4, 0.5) is 17.3 Å². The summed E-state index contributed by atoms with van der Waals surface area (Å²) in [4.78, 5) is 22.9. The minimum atomic E-state index is -0.446. The summed E-state index contributed by atoms with van der Waals surface area (Å²) in [5.74, 6) is 0.364. The van der Waals surface area contributed by atoms with Gasteiger partial charge in [-0.05, 0) is 12.1 Å². The fraction of sp³-hybridized carbons (Fsp3) is 0. The third-order valence-electron chi connectivity index (χ3n) is 2.62. The lowest BCUT2D eigenvalue weighted by Crippen LogP contribution is -1.98. The normalized spacial score (nSPS) is 10.3. The Kier molecular flexibility index (Phi) is 3.52. The van der Waals surface area contributed by atoms with Crippen LogP contribution in [0, 0.1) is 10.1 Å². The van der Waals surface area contributed by atoms with Gasteiger partial charge in [0.05, 0.1) is 4.92 Å². The molecule has 0 amide bonds. The Morgan fingerprint density at radius 1 is 1.19 bits per heavy atom. The number of hydrogen-bond acceptors (Lipinski definition) is 7. The fourth-order valence-corrected chi connectivity index (χ4v) is 2.32. The minimum Gasteiger partial charge on any atom is -0.324 e. The predicted octanol–water partition coefficient (Wildman–Crippen LogP) is 3.25. The minimum absolute atomic E-state index is 0.0103. The van der Waals surface area contributed by atoms with E-state index in [1.165, 1.54) is 23.5 Å². The highest BCUT2D eigenvalue weighted by Crippen LogP contribution is 2.22. The van der Waals surface area contributed by atoms with Gasteiger partial charge in [0.15, 0.2) is 0 Å². The van der Waals surface area contributed by atoms with Gasteiger partial charge in [-0.1, -0.05) is 6.07 Å². The zero-order valence-electron chi connectivity index (χ0n) is 10.6. The molecule has 3 rings (SSSR count). The summed E-state index contributed by atoms with van der Waals surface area (Å²) < 4.78 is 0. The van der Waals surface area contributed by atoms with Crippen molar-refractivity contribution in [3.63, 3.8) is 0 Å². The van der Waals surface area contributed by atoms with Gasteiger partial charge < -0.3 is 5.32 Å². The molecule has 7 nitrogen and oxygen atoms in total. The van der Waals surface area contributed by atoms with E-state index in [2.05, 4.69) is 20.3 Å². The Bertz CT molecular complexity index is 776. The Morgan fingerprint density at radius 3 is 2.86 bits per heavy atom. The van der Waals surface area contributed by atoms with Crippen molar-refractivity contribution < 1.29 is 4.92 Å². The van der Waals surface area contributed by atoms with Crippen molar-refractivity contribution >= 4 is 28.7 Å². The first-order chi connectivity index (χ1) is 10.2. The standard InChI is InChI=1S/C13H9N5O2S/c19-18(20)10-3-1-2-9(8-10)16-13-15-5-4-11(17-13)12-14-6-7-21-12/h1-8H,(H,15,16,17). The van der Waals surface area contributed by atoms with Crippen molar-refractivity contribution in [2.24, 2.45) is 0 Å². The van der Waals surface area contributed by atoms with Crippen LogP contribution < -0.4 is 5.32 Å². The molecule has 0 spiro atoms. The monoisotopic (exact) mass is 299 g/mol. The molecular formula is C13H9N5O2S. The van der Waals surface area contributed by atoms with Crippen molar-refractivity contribution in [3.8, 4) is 10.7 Å². The number of nitrogens with one attached hydrogen (secondary N) is 1. The molecule has 1 N–H and O–H groups in total. The van der Waals surface area contributed by atoms with E-state index >= 15 is 0 Å². The van der Waals surface area contributed by atoms with E-state index in [0.29, 0.717) is 17.3 Å². The van der Waals surface area contributed by atoms with Crippen LogP contribution in [0.2, 0.25) is 0 Å². The van der Waals surface area contributed by atoms with Gasteiger partial charge in [0, 0.05) is 35.6 Å². The van der Waals surface area contributed by atoms with Crippen LogP contribution in [-0.2, 0) is 0 Å². The number of rotatable bonds is 4. The molecule has 0 aliphatic rings. The smallest absolute Gasteiger partial charge is 0.271 e. The van der Waals surface area contributed by atoms with Crippen LogP contribution in [0.1, 0.15) is 0 Å². The van der Waals surface area contributed by atoms with Gasteiger partial charge in [-0.25, -0.2) is 15.0 Å². The van der Waals surface area contributed by atoms with E-state index in [1.54, 1.807) is 30.6 Å². The zero-order chi connectivity index (χ0) is 14.7. The van der Waals surface area contributed by atoms with Crippen molar-refractivity contribution in [2.75, 3.05) is 5.32 Å². The van der Waals surface area contributed by atoms with E-state index in [-0.39, 0.29) is 5.69 Å². The summed E-state index contributed by atoms with van der Waals surface area (Å²) >= 11 is 1.48. The topological polar surface area (TPSA) is 93.8 Å². The van der Waals surface area contributed by atoms with Crippen LogP contribution in [0.3, 0.4) is 0 Å². The predicted molar refractivity (Wildman–Crippen MR) is 79.5 cm³/mol. The molecule has 104 valence electrons. The van der Waals surface area contributed by atoms with Gasteiger partial charge in [-0.15, -0.1) is 11.3 Å². The second-order valence-corrected chi connectivity index (χ2v) is 4.93. The molecule has 21 heavy (non-hydrogen) atoms. The van der Waals surface area contributed by atoms with Crippen LogP contribution in [0.25, 0.3) is 10.7 Å². The third-order valence-corrected chi connectivity index (χ3v) is 3.42. The second kappa shape index (κ2) is 5.63. The molecule has 0 atom stereocenters. The maximum absolute atomic E-state index is 10.8. The van der Waals surface area contributed by atoms with Gasteiger partial charge in [-0.2, -0.15) is 0 Å². The highest BCUT2D eigenvalue weighted by molar-refractivity contribution is 7.13. The van der Waals surface area contributed by atoms with Gasteiger partial charge in [0.2, 0.25) is 5.95 Å². The summed E-state index contributed by atoms with van der Waals surface area (Å²) in [6.07, 6.45) is 3.32. The van der Waals surface area contributed by atoms with E-state index in [0.717, 1.165) is 5.01 Å². The van der Waals surface area contributed by atoms with Crippen LogP contribution >= 0.6 is 11.3 Å². The van der Waals surface area contributed by atoms with Crippen molar-refractivity contribution in [3.05, 3.63) is 58.2 Å². The molecule has 1 aromatic carbocycles. The first kappa shape index (κ1) is 13.1. The molecule has 8 heteroatoms. The molecule has 0 bridgehead atoms. The summed E-state index contributed by atoms with van der Waals surface area (Å²) in [7, 11) is 0. The van der Waals surface area contributed by atoms with Gasteiger partial charge in [0.25, 0.3) is 5.69 Å². The molecule has 0 saturated carbocycles. The first-order valence-electron chi connectivity index (χ1n) is 5.97. The molecule has 0 radical (unpaired) electrons. The van der Waals surface area contributed by atoms with Crippen molar-refractivity contribution in [1.82, 2.24) is 15.0 Å². The number of hydrogen-bond donors (Lipinski definition) is 1. The molecular weight excluding hydrogens is 290 g/mol. The largest absolute Gasteiger partial charge is 0.324 e. The number of nitro groups is 1. The molecule has 0 fully saturated rings. The van der Waals surface area contributed by atoms with E-state index in [1.807, 2.05) is 5.38 Å². The van der Waals surface area contributed by atoms with Gasteiger partial charge in [-0.3, -0.25) is 10.1 Å². The maximum Gasteiger partial charge on any atom is 0.271 e. The summed E-state index contributed by atoms with van der Waals surface area (Å²) in [5.41, 5.74) is 1.27. The summed E-state index contributed by atoms with van der Waals surface area (Å²) in [6.45, 7) is 0. The molecule has 0 saturated heterocycles. The lowest BCUT2D eigenvalue weighted by atomic mass is 10.3. The Balaban J connectivity index is 1.87. The highest BCUT2D eigenvalue weighted by Gasteiger charge is 2.08. The molecule has 0 unspecified atom stereocenters. The number of benzene rings is 1. The SMILES string of the molecule is O=[N+]([O-])c1cccc(Nc2nccc(-c3nccs3)n2)c1. The summed E-state index contributed by atoms with van der Waals surface area (Å²) in [6, 6.07) is 7.94. The van der Waals surface area contributed by atoms with Crippen molar-refractivity contribution in [2.45, 2.75) is 0 Å². The number of anilines is 2. The Hall–Kier alpha value is -2.87. The van der Waals surface area contributed by atoms with Gasteiger partial charge in [0.1, 0.15) is 10.7 Å². The average molecular weight is 299 g/mol. The quantitative estimate of drug-likeness (QED) is 0.587. The molecule has 3 aromatic rings. The zero-order valence-corrected chi connectivity index (χ0v) is 11.4.